The summed E-state index contributed by atoms with van der Waals surface area (Å²) in [6, 6.07) is 4.80. The molecule has 0 nitrogen and oxygen atoms in total. The second-order valence-corrected chi connectivity index (χ2v) is 7.17. The smallest absolute Gasteiger partial charge is 0.0129 e. The number of hydrogen-bond donors (Lipinski definition) is 0. The topological polar surface area (TPSA) is 0 Å². The molecule has 1 aliphatic rings. The van der Waals surface area contributed by atoms with Crippen LogP contribution >= 0.6 is 0 Å². The SMILES string of the molecule is CC(C)(C)c1cc2c(cc1C(C)(C)C)=CCC=2. The van der Waals surface area contributed by atoms with Crippen LogP contribution in [0.1, 0.15) is 59.1 Å². The molecule has 1 aromatic rings. The van der Waals surface area contributed by atoms with Gasteiger partial charge < -0.3 is 0 Å². The van der Waals surface area contributed by atoms with E-state index in [0.29, 0.717) is 0 Å². The lowest BCUT2D eigenvalue weighted by atomic mass is 9.75. The monoisotopic (exact) mass is 228 g/mol. The molecule has 17 heavy (non-hydrogen) atoms. The summed E-state index contributed by atoms with van der Waals surface area (Å²) >= 11 is 0. The van der Waals surface area contributed by atoms with Gasteiger partial charge in [-0.3, -0.25) is 0 Å². The largest absolute Gasteiger partial charge is 0.0728 e. The first-order chi connectivity index (χ1) is 7.69. The summed E-state index contributed by atoms with van der Waals surface area (Å²) < 4.78 is 0. The molecule has 0 atom stereocenters. The lowest BCUT2D eigenvalue weighted by Gasteiger charge is -2.30. The zero-order chi connectivity index (χ0) is 12.8. The summed E-state index contributed by atoms with van der Waals surface area (Å²) in [6.45, 7) is 13.8. The first-order valence-corrected chi connectivity index (χ1v) is 6.55. The molecule has 0 aliphatic heterocycles. The fourth-order valence-corrected chi connectivity index (χ4v) is 2.54. The molecule has 0 spiro atoms. The highest BCUT2D eigenvalue weighted by Crippen LogP contribution is 2.32. The molecule has 2 rings (SSSR count). The summed E-state index contributed by atoms with van der Waals surface area (Å²) in [5.74, 6) is 0. The molecule has 0 heteroatoms. The molecule has 0 aromatic heterocycles. The Morgan fingerprint density at radius 2 is 1.06 bits per heavy atom. The van der Waals surface area contributed by atoms with Gasteiger partial charge in [-0.25, -0.2) is 0 Å². The van der Waals surface area contributed by atoms with Gasteiger partial charge in [0.15, 0.2) is 0 Å². The maximum atomic E-state index is 2.40. The Kier molecular flexibility index (Phi) is 2.72. The van der Waals surface area contributed by atoms with Crippen molar-refractivity contribution in [1.82, 2.24) is 0 Å². The third-order valence-electron chi connectivity index (χ3n) is 3.51. The Hall–Kier alpha value is -1.04. The zero-order valence-corrected chi connectivity index (χ0v) is 12.0. The van der Waals surface area contributed by atoms with Crippen molar-refractivity contribution in [2.45, 2.75) is 58.8 Å². The maximum Gasteiger partial charge on any atom is -0.0129 e. The van der Waals surface area contributed by atoms with Crippen LogP contribution in [0.4, 0.5) is 0 Å². The van der Waals surface area contributed by atoms with Crippen molar-refractivity contribution in [2.75, 3.05) is 0 Å². The van der Waals surface area contributed by atoms with E-state index < -0.39 is 0 Å². The van der Waals surface area contributed by atoms with Crippen LogP contribution in [-0.2, 0) is 10.8 Å². The molecule has 0 saturated heterocycles. The van der Waals surface area contributed by atoms with Crippen LogP contribution in [-0.4, -0.2) is 0 Å². The van der Waals surface area contributed by atoms with Gasteiger partial charge in [-0.05, 0) is 38.8 Å². The van der Waals surface area contributed by atoms with Crippen molar-refractivity contribution in [3.63, 3.8) is 0 Å². The van der Waals surface area contributed by atoms with Gasteiger partial charge in [0.1, 0.15) is 0 Å². The van der Waals surface area contributed by atoms with E-state index >= 15 is 0 Å². The molecule has 0 fully saturated rings. The van der Waals surface area contributed by atoms with Gasteiger partial charge in [-0.2, -0.15) is 0 Å². The Morgan fingerprint density at radius 3 is 1.35 bits per heavy atom. The van der Waals surface area contributed by atoms with E-state index in [2.05, 4.69) is 65.8 Å². The average molecular weight is 228 g/mol. The number of benzene rings is 1. The van der Waals surface area contributed by atoms with Gasteiger partial charge in [0.2, 0.25) is 0 Å². The molecule has 1 aromatic carbocycles. The van der Waals surface area contributed by atoms with Gasteiger partial charge in [-0.1, -0.05) is 65.8 Å². The first kappa shape index (κ1) is 12.4. The van der Waals surface area contributed by atoms with Crippen LogP contribution in [0.3, 0.4) is 0 Å². The molecule has 0 heterocycles. The lowest BCUT2D eigenvalue weighted by Crippen LogP contribution is -2.31. The third kappa shape index (κ3) is 2.31. The molecule has 1 aliphatic carbocycles. The molecular formula is C17H24. The van der Waals surface area contributed by atoms with Crippen molar-refractivity contribution in [1.29, 1.82) is 0 Å². The van der Waals surface area contributed by atoms with Crippen molar-refractivity contribution in [2.24, 2.45) is 0 Å². The van der Waals surface area contributed by atoms with Crippen molar-refractivity contribution < 1.29 is 0 Å². The van der Waals surface area contributed by atoms with E-state index in [4.69, 9.17) is 0 Å². The Bertz CT molecular complexity index is 494. The minimum Gasteiger partial charge on any atom is -0.0728 e. The summed E-state index contributed by atoms with van der Waals surface area (Å²) in [4.78, 5) is 0. The molecule has 0 radical (unpaired) electrons. The van der Waals surface area contributed by atoms with Crippen LogP contribution in [0.25, 0.3) is 12.2 Å². The predicted molar refractivity (Wildman–Crippen MR) is 76.6 cm³/mol. The standard InChI is InChI=1S/C17H24/c1-16(2,3)14-10-12-8-7-9-13(12)11-15(14)17(4,5)6/h8-11H,7H2,1-6H3. The highest BCUT2D eigenvalue weighted by atomic mass is 14.3. The van der Waals surface area contributed by atoms with Crippen LogP contribution in [0.15, 0.2) is 12.1 Å². The normalized spacial score (nSPS) is 15.2. The second kappa shape index (κ2) is 3.73. The number of fused-ring (bicyclic) bond motifs is 1. The second-order valence-electron chi connectivity index (χ2n) is 7.17. The van der Waals surface area contributed by atoms with Gasteiger partial charge >= 0.3 is 0 Å². The van der Waals surface area contributed by atoms with Crippen molar-refractivity contribution in [3.05, 3.63) is 33.7 Å². The van der Waals surface area contributed by atoms with Crippen molar-refractivity contribution in [3.8, 4) is 0 Å². The van der Waals surface area contributed by atoms with Gasteiger partial charge in [-0.15, -0.1) is 0 Å². The van der Waals surface area contributed by atoms with Gasteiger partial charge in [0.25, 0.3) is 0 Å². The molecule has 0 N–H and O–H groups in total. The predicted octanol–water partition coefficient (Wildman–Crippen LogP) is 3.25. The summed E-state index contributed by atoms with van der Waals surface area (Å²) in [6.07, 6.45) is 5.75. The highest BCUT2D eigenvalue weighted by Gasteiger charge is 2.25. The Labute approximate surface area is 105 Å². The molecule has 0 unspecified atom stereocenters. The minimum atomic E-state index is 0.216. The molecule has 0 bridgehead atoms. The van der Waals surface area contributed by atoms with E-state index in [1.54, 1.807) is 0 Å². The lowest BCUT2D eigenvalue weighted by molar-refractivity contribution is 0.529. The average Bonchev–Trinajstić information content (AvgIpc) is 2.59. The minimum absolute atomic E-state index is 0.216. The fourth-order valence-electron chi connectivity index (χ4n) is 2.54. The third-order valence-corrected chi connectivity index (χ3v) is 3.51. The van der Waals surface area contributed by atoms with E-state index in [1.807, 2.05) is 0 Å². The Balaban J connectivity index is 2.79. The summed E-state index contributed by atoms with van der Waals surface area (Å²) in [5, 5.41) is 2.84. The van der Waals surface area contributed by atoms with Crippen LogP contribution in [0.2, 0.25) is 0 Å². The quantitative estimate of drug-likeness (QED) is 0.639. The highest BCUT2D eigenvalue weighted by molar-refractivity contribution is 5.51. The summed E-state index contributed by atoms with van der Waals surface area (Å²) in [7, 11) is 0. The zero-order valence-electron chi connectivity index (χ0n) is 12.0. The fraction of sp³-hybridized carbons (Fsp3) is 0.529. The molecule has 92 valence electrons. The van der Waals surface area contributed by atoms with E-state index in [0.717, 1.165) is 6.42 Å². The molecule has 0 saturated carbocycles. The van der Waals surface area contributed by atoms with E-state index in [9.17, 15) is 0 Å². The number of rotatable bonds is 0. The van der Waals surface area contributed by atoms with Crippen LogP contribution < -0.4 is 10.4 Å². The maximum absolute atomic E-state index is 2.40. The van der Waals surface area contributed by atoms with Crippen LogP contribution in [0.5, 0.6) is 0 Å². The van der Waals surface area contributed by atoms with Crippen molar-refractivity contribution >= 4 is 12.2 Å². The first-order valence-electron chi connectivity index (χ1n) is 6.55. The van der Waals surface area contributed by atoms with Crippen LogP contribution in [0, 0.1) is 0 Å². The Morgan fingerprint density at radius 1 is 0.706 bits per heavy atom. The molecule has 0 amide bonds. The number of hydrogen-bond acceptors (Lipinski definition) is 0. The van der Waals surface area contributed by atoms with E-state index in [-0.39, 0.29) is 10.8 Å². The van der Waals surface area contributed by atoms with E-state index in [1.165, 1.54) is 21.6 Å². The van der Waals surface area contributed by atoms with Gasteiger partial charge in [0, 0.05) is 0 Å². The summed E-state index contributed by atoms with van der Waals surface area (Å²) in [5.41, 5.74) is 3.42. The van der Waals surface area contributed by atoms with Gasteiger partial charge in [0.05, 0.1) is 0 Å². The molecular weight excluding hydrogens is 204 g/mol.